The van der Waals surface area contributed by atoms with Gasteiger partial charge in [0.15, 0.2) is 5.11 Å². The van der Waals surface area contributed by atoms with Gasteiger partial charge in [-0.25, -0.2) is 0 Å². The van der Waals surface area contributed by atoms with Gasteiger partial charge >= 0.3 is 0 Å². The third-order valence-corrected chi connectivity index (χ3v) is 3.73. The molecule has 1 aromatic carbocycles. The van der Waals surface area contributed by atoms with E-state index in [2.05, 4.69) is 46.8 Å². The van der Waals surface area contributed by atoms with Crippen molar-refractivity contribution in [3.8, 4) is 0 Å². The van der Waals surface area contributed by atoms with E-state index in [-0.39, 0.29) is 6.04 Å². The molecule has 0 saturated carbocycles. The quantitative estimate of drug-likeness (QED) is 0.771. The lowest BCUT2D eigenvalue weighted by Gasteiger charge is -2.16. The number of hydrogen-bond donors (Lipinski definition) is 2. The molecule has 4 heteroatoms. The zero-order valence-electron chi connectivity index (χ0n) is 13.2. The third kappa shape index (κ3) is 5.11. The highest BCUT2D eigenvalue weighted by Gasteiger charge is 2.07. The summed E-state index contributed by atoms with van der Waals surface area (Å²) in [7, 11) is 0. The maximum absolute atomic E-state index is 5.37. The summed E-state index contributed by atoms with van der Waals surface area (Å²) in [5.74, 6) is 0. The molecule has 2 aromatic rings. The standard InChI is InChI=1S/C18H23N3S/c1-3-4-7-15-9-11-16(12-10-15)21-18(22)20-14(2)17-8-5-6-13-19-17/h5-6,8-14H,3-4,7H2,1-2H3,(H2,20,21,22)/t14-/m1/s1. The minimum atomic E-state index is 0.0741. The van der Waals surface area contributed by atoms with Crippen LogP contribution in [0.1, 0.15) is 44.0 Å². The number of anilines is 1. The van der Waals surface area contributed by atoms with E-state index in [4.69, 9.17) is 12.2 Å². The second kappa shape index (κ2) is 8.49. The molecule has 22 heavy (non-hydrogen) atoms. The summed E-state index contributed by atoms with van der Waals surface area (Å²) in [4.78, 5) is 4.33. The van der Waals surface area contributed by atoms with Gasteiger partial charge < -0.3 is 10.6 Å². The molecule has 0 unspecified atom stereocenters. The number of thiocarbonyl (C=S) groups is 1. The largest absolute Gasteiger partial charge is 0.354 e. The van der Waals surface area contributed by atoms with Crippen LogP contribution in [0.4, 0.5) is 5.69 Å². The molecule has 0 bridgehead atoms. The van der Waals surface area contributed by atoms with Crippen LogP contribution in [0.3, 0.4) is 0 Å². The van der Waals surface area contributed by atoms with E-state index in [1.54, 1.807) is 6.20 Å². The molecule has 0 spiro atoms. The smallest absolute Gasteiger partial charge is 0.171 e. The van der Waals surface area contributed by atoms with E-state index in [0.29, 0.717) is 5.11 Å². The highest BCUT2D eigenvalue weighted by Crippen LogP contribution is 2.13. The van der Waals surface area contributed by atoms with Gasteiger partial charge in [0.25, 0.3) is 0 Å². The Morgan fingerprint density at radius 3 is 2.59 bits per heavy atom. The number of nitrogens with one attached hydrogen (secondary N) is 2. The number of aryl methyl sites for hydroxylation is 1. The van der Waals surface area contributed by atoms with Crippen LogP contribution in [-0.2, 0) is 6.42 Å². The average Bonchev–Trinajstić information content (AvgIpc) is 2.55. The molecule has 1 atom stereocenters. The molecule has 0 aliphatic rings. The molecule has 0 saturated heterocycles. The van der Waals surface area contributed by atoms with Crippen molar-refractivity contribution in [2.45, 2.75) is 39.2 Å². The molecule has 116 valence electrons. The van der Waals surface area contributed by atoms with E-state index in [1.807, 2.05) is 25.1 Å². The molecular weight excluding hydrogens is 290 g/mol. The van der Waals surface area contributed by atoms with Gasteiger partial charge in [0.1, 0.15) is 0 Å². The number of hydrogen-bond acceptors (Lipinski definition) is 2. The van der Waals surface area contributed by atoms with Gasteiger partial charge in [-0.1, -0.05) is 31.5 Å². The summed E-state index contributed by atoms with van der Waals surface area (Å²) in [5, 5.41) is 7.08. The summed E-state index contributed by atoms with van der Waals surface area (Å²) >= 11 is 5.37. The van der Waals surface area contributed by atoms with Crippen molar-refractivity contribution in [3.05, 3.63) is 59.9 Å². The van der Waals surface area contributed by atoms with Crippen LogP contribution in [0.2, 0.25) is 0 Å². The van der Waals surface area contributed by atoms with Crippen molar-refractivity contribution < 1.29 is 0 Å². The molecule has 3 nitrogen and oxygen atoms in total. The highest BCUT2D eigenvalue weighted by atomic mass is 32.1. The number of benzene rings is 1. The zero-order chi connectivity index (χ0) is 15.8. The lowest BCUT2D eigenvalue weighted by molar-refractivity contribution is 0.696. The van der Waals surface area contributed by atoms with E-state index in [1.165, 1.54) is 18.4 Å². The second-order valence-electron chi connectivity index (χ2n) is 5.38. The van der Waals surface area contributed by atoms with Crippen molar-refractivity contribution in [1.82, 2.24) is 10.3 Å². The van der Waals surface area contributed by atoms with Gasteiger partial charge in [-0.15, -0.1) is 0 Å². The van der Waals surface area contributed by atoms with Crippen molar-refractivity contribution in [2.24, 2.45) is 0 Å². The number of nitrogens with zero attached hydrogens (tertiary/aromatic N) is 1. The summed E-state index contributed by atoms with van der Waals surface area (Å²) in [6.07, 6.45) is 5.38. The van der Waals surface area contributed by atoms with E-state index < -0.39 is 0 Å². The van der Waals surface area contributed by atoms with E-state index >= 15 is 0 Å². The SMILES string of the molecule is CCCCc1ccc(NC(=S)N[C@H](C)c2ccccn2)cc1. The number of aromatic nitrogens is 1. The Kier molecular flexibility index (Phi) is 6.34. The number of unbranched alkanes of at least 4 members (excludes halogenated alkanes) is 1. The van der Waals surface area contributed by atoms with Gasteiger partial charge in [0.05, 0.1) is 11.7 Å². The normalized spacial score (nSPS) is 11.7. The lowest BCUT2D eigenvalue weighted by Crippen LogP contribution is -2.31. The second-order valence-corrected chi connectivity index (χ2v) is 5.78. The summed E-state index contributed by atoms with van der Waals surface area (Å²) in [6, 6.07) is 14.4. The van der Waals surface area contributed by atoms with Crippen LogP contribution in [0.15, 0.2) is 48.7 Å². The molecule has 0 radical (unpaired) electrons. The maximum atomic E-state index is 5.37. The summed E-state index contributed by atoms with van der Waals surface area (Å²) in [5.41, 5.74) is 3.35. The van der Waals surface area contributed by atoms with Crippen LogP contribution >= 0.6 is 12.2 Å². The zero-order valence-corrected chi connectivity index (χ0v) is 14.0. The molecule has 2 rings (SSSR count). The fourth-order valence-corrected chi connectivity index (χ4v) is 2.50. The predicted molar refractivity (Wildman–Crippen MR) is 97.1 cm³/mol. The summed E-state index contributed by atoms with van der Waals surface area (Å²) in [6.45, 7) is 4.26. The van der Waals surface area contributed by atoms with Crippen LogP contribution in [0, 0.1) is 0 Å². The topological polar surface area (TPSA) is 37.0 Å². The summed E-state index contributed by atoms with van der Waals surface area (Å²) < 4.78 is 0. The Hall–Kier alpha value is -1.94. The minimum Gasteiger partial charge on any atom is -0.354 e. The van der Waals surface area contributed by atoms with Crippen molar-refractivity contribution >= 4 is 23.0 Å². The molecule has 0 fully saturated rings. The first kappa shape index (κ1) is 16.4. The Balaban J connectivity index is 1.86. The Morgan fingerprint density at radius 2 is 1.95 bits per heavy atom. The van der Waals surface area contributed by atoms with Crippen LogP contribution in [-0.4, -0.2) is 10.1 Å². The molecule has 0 amide bonds. The molecule has 0 aliphatic carbocycles. The molecule has 1 heterocycles. The fraction of sp³-hybridized carbons (Fsp3) is 0.333. The van der Waals surface area contributed by atoms with Crippen LogP contribution in [0.25, 0.3) is 0 Å². The Labute approximate surface area is 138 Å². The first-order chi connectivity index (χ1) is 10.7. The lowest BCUT2D eigenvalue weighted by atomic mass is 10.1. The Morgan fingerprint density at radius 1 is 1.18 bits per heavy atom. The predicted octanol–water partition coefficient (Wildman–Crippen LogP) is 4.47. The van der Waals surface area contributed by atoms with E-state index in [9.17, 15) is 0 Å². The Bertz CT molecular complexity index is 581. The van der Waals surface area contributed by atoms with Crippen molar-refractivity contribution in [3.63, 3.8) is 0 Å². The first-order valence-corrected chi connectivity index (χ1v) is 8.17. The van der Waals surface area contributed by atoms with Gasteiger partial charge in [0.2, 0.25) is 0 Å². The van der Waals surface area contributed by atoms with Gasteiger partial charge in [0, 0.05) is 11.9 Å². The molecular formula is C18H23N3S. The monoisotopic (exact) mass is 313 g/mol. The number of rotatable bonds is 6. The third-order valence-electron chi connectivity index (χ3n) is 3.51. The van der Waals surface area contributed by atoms with E-state index in [0.717, 1.165) is 17.8 Å². The minimum absolute atomic E-state index is 0.0741. The fourth-order valence-electron chi connectivity index (χ4n) is 2.21. The average molecular weight is 313 g/mol. The number of pyridine rings is 1. The van der Waals surface area contributed by atoms with Crippen molar-refractivity contribution in [1.29, 1.82) is 0 Å². The van der Waals surface area contributed by atoms with Gasteiger partial charge in [-0.2, -0.15) is 0 Å². The van der Waals surface area contributed by atoms with Gasteiger partial charge in [-0.05, 0) is 61.8 Å². The molecule has 1 aromatic heterocycles. The van der Waals surface area contributed by atoms with Gasteiger partial charge in [-0.3, -0.25) is 4.98 Å². The maximum Gasteiger partial charge on any atom is 0.171 e. The highest BCUT2D eigenvalue weighted by molar-refractivity contribution is 7.80. The first-order valence-electron chi connectivity index (χ1n) is 7.76. The molecule has 2 N–H and O–H groups in total. The van der Waals surface area contributed by atoms with Crippen LogP contribution < -0.4 is 10.6 Å². The molecule has 0 aliphatic heterocycles. The van der Waals surface area contributed by atoms with Crippen molar-refractivity contribution in [2.75, 3.05) is 5.32 Å². The van der Waals surface area contributed by atoms with Crippen LogP contribution in [0.5, 0.6) is 0 Å².